The highest BCUT2D eigenvalue weighted by atomic mass is 32.2. The van der Waals surface area contributed by atoms with Crippen LogP contribution in [0.25, 0.3) is 0 Å². The lowest BCUT2D eigenvalue weighted by atomic mass is 10.1. The summed E-state index contributed by atoms with van der Waals surface area (Å²) in [5.74, 6) is 0.972. The van der Waals surface area contributed by atoms with Gasteiger partial charge in [-0.2, -0.15) is 0 Å². The second-order valence-corrected chi connectivity index (χ2v) is 6.65. The van der Waals surface area contributed by atoms with Gasteiger partial charge in [-0.05, 0) is 23.6 Å². The Kier molecular flexibility index (Phi) is 2.97. The first-order valence-electron chi connectivity index (χ1n) is 6.98. The largest absolute Gasteiger partial charge is 0.452 e. The number of benzene rings is 2. The van der Waals surface area contributed by atoms with E-state index in [-0.39, 0.29) is 0 Å². The Morgan fingerprint density at radius 1 is 1.00 bits per heavy atom. The lowest BCUT2D eigenvalue weighted by molar-refractivity contribution is -0.108. The molecule has 0 radical (unpaired) electrons. The van der Waals surface area contributed by atoms with Gasteiger partial charge in [-0.25, -0.2) is 0 Å². The zero-order valence-corrected chi connectivity index (χ0v) is 11.9. The SMILES string of the molecule is c1ccc([C@H]2CO[C@]3(CCc4ccccc4O3)S2)cc1. The molecule has 0 N–H and O–H groups in total. The maximum atomic E-state index is 6.17. The van der Waals surface area contributed by atoms with Gasteiger partial charge in [0.25, 0.3) is 5.12 Å². The highest BCUT2D eigenvalue weighted by Gasteiger charge is 2.46. The van der Waals surface area contributed by atoms with Crippen LogP contribution in [0.2, 0.25) is 0 Å². The van der Waals surface area contributed by atoms with Gasteiger partial charge in [-0.3, -0.25) is 0 Å². The van der Waals surface area contributed by atoms with Crippen LogP contribution in [-0.2, 0) is 11.2 Å². The molecule has 3 heteroatoms. The molecule has 2 aromatic carbocycles. The normalized spacial score (nSPS) is 28.1. The molecule has 102 valence electrons. The summed E-state index contributed by atoms with van der Waals surface area (Å²) in [6.45, 7) is 0.719. The van der Waals surface area contributed by atoms with Crippen molar-refractivity contribution in [2.45, 2.75) is 23.2 Å². The maximum absolute atomic E-state index is 6.17. The van der Waals surface area contributed by atoms with Crippen LogP contribution in [0.5, 0.6) is 5.75 Å². The highest BCUT2D eigenvalue weighted by molar-refractivity contribution is 8.00. The summed E-state index contributed by atoms with van der Waals surface area (Å²) in [6.07, 6.45) is 1.93. The van der Waals surface area contributed by atoms with E-state index in [2.05, 4.69) is 36.4 Å². The van der Waals surface area contributed by atoms with Crippen molar-refractivity contribution in [3.63, 3.8) is 0 Å². The molecule has 2 aliphatic heterocycles. The molecule has 0 bridgehead atoms. The molecular weight excluding hydrogens is 268 g/mol. The maximum Gasteiger partial charge on any atom is 0.261 e. The summed E-state index contributed by atoms with van der Waals surface area (Å²) in [6, 6.07) is 18.8. The third kappa shape index (κ3) is 2.11. The van der Waals surface area contributed by atoms with Gasteiger partial charge < -0.3 is 9.47 Å². The molecule has 20 heavy (non-hydrogen) atoms. The van der Waals surface area contributed by atoms with Crippen molar-refractivity contribution in [2.75, 3.05) is 6.61 Å². The molecule has 0 aliphatic carbocycles. The zero-order chi connectivity index (χ0) is 13.4. The number of para-hydroxylation sites is 1. The summed E-state index contributed by atoms with van der Waals surface area (Å²) in [5.41, 5.74) is 2.60. The summed E-state index contributed by atoms with van der Waals surface area (Å²) >= 11 is 1.81. The van der Waals surface area contributed by atoms with Gasteiger partial charge in [-0.1, -0.05) is 60.3 Å². The van der Waals surface area contributed by atoms with Crippen molar-refractivity contribution >= 4 is 11.8 Å². The van der Waals surface area contributed by atoms with E-state index in [9.17, 15) is 0 Å². The Morgan fingerprint density at radius 2 is 1.80 bits per heavy atom. The minimum absolute atomic E-state index is 0.362. The highest BCUT2D eigenvalue weighted by Crippen LogP contribution is 2.51. The third-order valence-corrected chi connectivity index (χ3v) is 5.34. The molecule has 2 nitrogen and oxygen atoms in total. The van der Waals surface area contributed by atoms with Crippen LogP contribution in [0, 0.1) is 0 Å². The van der Waals surface area contributed by atoms with E-state index in [4.69, 9.17) is 9.47 Å². The number of thioether (sulfide) groups is 1. The monoisotopic (exact) mass is 284 g/mol. The van der Waals surface area contributed by atoms with E-state index < -0.39 is 5.12 Å². The van der Waals surface area contributed by atoms with Gasteiger partial charge in [0.05, 0.1) is 11.9 Å². The van der Waals surface area contributed by atoms with Gasteiger partial charge in [0.15, 0.2) is 0 Å². The van der Waals surface area contributed by atoms with Crippen molar-refractivity contribution in [2.24, 2.45) is 0 Å². The molecule has 0 amide bonds. The minimum atomic E-state index is -0.491. The first-order valence-corrected chi connectivity index (χ1v) is 7.86. The molecule has 2 aromatic rings. The van der Waals surface area contributed by atoms with E-state index in [1.165, 1.54) is 11.1 Å². The predicted molar refractivity (Wildman–Crippen MR) is 80.8 cm³/mol. The Bertz CT molecular complexity index is 613. The van der Waals surface area contributed by atoms with E-state index >= 15 is 0 Å². The van der Waals surface area contributed by atoms with Crippen LogP contribution in [0.3, 0.4) is 0 Å². The number of ether oxygens (including phenoxy) is 2. The Balaban J connectivity index is 1.57. The van der Waals surface area contributed by atoms with Crippen molar-refractivity contribution in [1.29, 1.82) is 0 Å². The zero-order valence-electron chi connectivity index (χ0n) is 11.1. The van der Waals surface area contributed by atoms with Crippen LogP contribution in [-0.4, -0.2) is 11.7 Å². The fraction of sp³-hybridized carbons (Fsp3) is 0.294. The van der Waals surface area contributed by atoms with Gasteiger partial charge in [0.2, 0.25) is 0 Å². The molecule has 0 aromatic heterocycles. The Morgan fingerprint density at radius 3 is 2.70 bits per heavy atom. The lowest BCUT2D eigenvalue weighted by Gasteiger charge is -2.33. The number of hydrogen-bond acceptors (Lipinski definition) is 3. The van der Waals surface area contributed by atoms with Crippen LogP contribution in [0.4, 0.5) is 0 Å². The number of fused-ring (bicyclic) bond motifs is 1. The minimum Gasteiger partial charge on any atom is -0.452 e. The summed E-state index contributed by atoms with van der Waals surface area (Å²) < 4.78 is 12.2. The van der Waals surface area contributed by atoms with E-state index in [1.807, 2.05) is 18.2 Å². The predicted octanol–water partition coefficient (Wildman–Crippen LogP) is 4.17. The van der Waals surface area contributed by atoms with E-state index in [1.54, 1.807) is 11.8 Å². The Labute approximate surface area is 123 Å². The molecule has 1 spiro atoms. The average molecular weight is 284 g/mol. The fourth-order valence-electron chi connectivity index (χ4n) is 2.82. The summed E-state index contributed by atoms with van der Waals surface area (Å²) in [5, 5.41) is -0.129. The van der Waals surface area contributed by atoms with Gasteiger partial charge >= 0.3 is 0 Å². The second-order valence-electron chi connectivity index (χ2n) is 5.22. The van der Waals surface area contributed by atoms with Crippen LogP contribution < -0.4 is 4.74 Å². The van der Waals surface area contributed by atoms with Crippen molar-refractivity contribution in [1.82, 2.24) is 0 Å². The summed E-state index contributed by atoms with van der Waals surface area (Å²) in [4.78, 5) is 0. The molecule has 4 rings (SSSR count). The molecule has 2 heterocycles. The van der Waals surface area contributed by atoms with Gasteiger partial charge in [-0.15, -0.1) is 0 Å². The molecule has 1 fully saturated rings. The van der Waals surface area contributed by atoms with E-state index in [0.29, 0.717) is 5.25 Å². The van der Waals surface area contributed by atoms with Crippen LogP contribution in [0.1, 0.15) is 22.8 Å². The summed E-state index contributed by atoms with van der Waals surface area (Å²) in [7, 11) is 0. The number of aryl methyl sites for hydroxylation is 1. The van der Waals surface area contributed by atoms with Gasteiger partial charge in [0.1, 0.15) is 5.75 Å². The Hall–Kier alpha value is -1.45. The first kappa shape index (κ1) is 12.3. The second kappa shape index (κ2) is 4.83. The van der Waals surface area contributed by atoms with Crippen molar-refractivity contribution in [3.05, 3.63) is 65.7 Å². The number of rotatable bonds is 1. The molecule has 0 unspecified atom stereocenters. The smallest absolute Gasteiger partial charge is 0.261 e. The molecule has 2 aliphatic rings. The van der Waals surface area contributed by atoms with Crippen LogP contribution in [0.15, 0.2) is 54.6 Å². The molecular formula is C17H16O2S. The third-order valence-electron chi connectivity index (χ3n) is 3.89. The average Bonchev–Trinajstić information content (AvgIpc) is 2.92. The van der Waals surface area contributed by atoms with Crippen LogP contribution >= 0.6 is 11.8 Å². The lowest BCUT2D eigenvalue weighted by Crippen LogP contribution is -2.35. The molecule has 1 saturated heterocycles. The molecule has 0 saturated carbocycles. The van der Waals surface area contributed by atoms with Crippen molar-refractivity contribution < 1.29 is 9.47 Å². The van der Waals surface area contributed by atoms with Crippen molar-refractivity contribution in [3.8, 4) is 5.75 Å². The standard InChI is InChI=1S/C17H16O2S/c1-2-7-14(8-3-1)16-12-18-17(20-16)11-10-13-6-4-5-9-15(13)19-17/h1-9,16H,10-12H2/t16-,17+/m1/s1. The van der Waals surface area contributed by atoms with Gasteiger partial charge in [0, 0.05) is 6.42 Å². The quantitative estimate of drug-likeness (QED) is 0.783. The van der Waals surface area contributed by atoms with E-state index in [0.717, 1.165) is 25.2 Å². The topological polar surface area (TPSA) is 18.5 Å². The fourth-order valence-corrected chi connectivity index (χ4v) is 4.18. The number of hydrogen-bond donors (Lipinski definition) is 0. The first-order chi connectivity index (χ1) is 9.85. The molecule has 2 atom stereocenters.